The van der Waals surface area contributed by atoms with Crippen LogP contribution in [0.4, 0.5) is 20.2 Å². The van der Waals surface area contributed by atoms with Crippen LogP contribution < -0.4 is 15.8 Å². The van der Waals surface area contributed by atoms with Gasteiger partial charge in [-0.3, -0.25) is 4.79 Å². The smallest absolute Gasteiger partial charge is 0.262 e. The van der Waals surface area contributed by atoms with Crippen molar-refractivity contribution in [2.45, 2.75) is 0 Å². The maximum absolute atomic E-state index is 13.1. The molecule has 2 rings (SSSR count). The fourth-order valence-corrected chi connectivity index (χ4v) is 1.92. The molecule has 0 saturated heterocycles. The van der Waals surface area contributed by atoms with Gasteiger partial charge in [0.2, 0.25) is 0 Å². The minimum atomic E-state index is -0.538. The lowest BCUT2D eigenvalue weighted by Gasteiger charge is -2.10. The SMILES string of the molecule is Nc1ccc(F)cc1NC(=O)COc1cc(F)ccc1Br. The Morgan fingerprint density at radius 2 is 1.86 bits per heavy atom. The fraction of sp³-hybridized carbons (Fsp3) is 0.0714. The van der Waals surface area contributed by atoms with E-state index < -0.39 is 17.5 Å². The molecule has 0 aliphatic heterocycles. The first-order valence-corrected chi connectivity index (χ1v) is 6.68. The molecule has 0 aliphatic carbocycles. The third-order valence-electron chi connectivity index (χ3n) is 2.54. The number of nitrogen functional groups attached to an aromatic ring is 1. The van der Waals surface area contributed by atoms with Crippen molar-refractivity contribution in [1.82, 2.24) is 0 Å². The molecule has 0 unspecified atom stereocenters. The van der Waals surface area contributed by atoms with E-state index in [2.05, 4.69) is 21.2 Å². The molecule has 21 heavy (non-hydrogen) atoms. The maximum atomic E-state index is 13.1. The van der Waals surface area contributed by atoms with Crippen molar-refractivity contribution in [3.05, 3.63) is 52.5 Å². The Balaban J connectivity index is 1.99. The first kappa shape index (κ1) is 15.2. The van der Waals surface area contributed by atoms with Crippen LogP contribution in [0.5, 0.6) is 5.75 Å². The summed E-state index contributed by atoms with van der Waals surface area (Å²) in [6.07, 6.45) is 0. The van der Waals surface area contributed by atoms with Crippen LogP contribution in [0.2, 0.25) is 0 Å². The van der Waals surface area contributed by atoms with E-state index in [9.17, 15) is 13.6 Å². The molecule has 2 aromatic carbocycles. The molecule has 3 N–H and O–H groups in total. The summed E-state index contributed by atoms with van der Waals surface area (Å²) in [5, 5.41) is 2.42. The summed E-state index contributed by atoms with van der Waals surface area (Å²) in [6, 6.07) is 7.50. The van der Waals surface area contributed by atoms with E-state index >= 15 is 0 Å². The van der Waals surface area contributed by atoms with Gasteiger partial charge in [0.25, 0.3) is 5.91 Å². The number of carbonyl (C=O) groups is 1. The zero-order valence-electron chi connectivity index (χ0n) is 10.7. The zero-order valence-corrected chi connectivity index (χ0v) is 12.3. The Morgan fingerprint density at radius 1 is 1.19 bits per heavy atom. The van der Waals surface area contributed by atoms with E-state index in [0.717, 1.165) is 12.1 Å². The molecule has 0 atom stereocenters. The van der Waals surface area contributed by atoms with Gasteiger partial charge in [-0.1, -0.05) is 0 Å². The molecule has 0 aromatic heterocycles. The Labute approximate surface area is 128 Å². The molecule has 0 radical (unpaired) electrons. The van der Waals surface area contributed by atoms with Gasteiger partial charge in [0.15, 0.2) is 6.61 Å². The quantitative estimate of drug-likeness (QED) is 0.825. The van der Waals surface area contributed by atoms with Crippen LogP contribution in [0.15, 0.2) is 40.9 Å². The van der Waals surface area contributed by atoms with Gasteiger partial charge in [0, 0.05) is 6.07 Å². The number of nitrogens with one attached hydrogen (secondary N) is 1. The van der Waals surface area contributed by atoms with Gasteiger partial charge in [-0.25, -0.2) is 8.78 Å². The van der Waals surface area contributed by atoms with Gasteiger partial charge in [0.1, 0.15) is 17.4 Å². The molecule has 0 aliphatic rings. The van der Waals surface area contributed by atoms with Crippen molar-refractivity contribution in [2.75, 3.05) is 17.7 Å². The van der Waals surface area contributed by atoms with E-state index in [4.69, 9.17) is 10.5 Å². The Kier molecular flexibility index (Phi) is 4.74. The Hall–Kier alpha value is -2.15. The number of amides is 1. The molecule has 0 bridgehead atoms. The number of hydrogen-bond donors (Lipinski definition) is 2. The number of nitrogens with two attached hydrogens (primary N) is 1. The molecule has 1 amide bonds. The van der Waals surface area contributed by atoms with Crippen molar-refractivity contribution < 1.29 is 18.3 Å². The lowest BCUT2D eigenvalue weighted by atomic mass is 10.2. The number of hydrogen-bond acceptors (Lipinski definition) is 3. The molecule has 2 aromatic rings. The number of carbonyl (C=O) groups excluding carboxylic acids is 1. The molecule has 0 fully saturated rings. The van der Waals surface area contributed by atoms with Crippen molar-refractivity contribution in [3.63, 3.8) is 0 Å². The number of anilines is 2. The molecule has 0 heterocycles. The molecule has 4 nitrogen and oxygen atoms in total. The van der Waals surface area contributed by atoms with E-state index in [1.165, 1.54) is 24.3 Å². The highest BCUT2D eigenvalue weighted by Crippen LogP contribution is 2.25. The number of halogens is 3. The summed E-state index contributed by atoms with van der Waals surface area (Å²) in [6.45, 7) is -0.363. The number of ether oxygens (including phenoxy) is 1. The van der Waals surface area contributed by atoms with Gasteiger partial charge in [-0.05, 0) is 46.3 Å². The summed E-state index contributed by atoms with van der Waals surface area (Å²) >= 11 is 3.18. The average Bonchev–Trinajstić information content (AvgIpc) is 2.44. The van der Waals surface area contributed by atoms with Crippen molar-refractivity contribution in [3.8, 4) is 5.75 Å². The van der Waals surface area contributed by atoms with E-state index in [1.807, 2.05) is 0 Å². The van der Waals surface area contributed by atoms with Crippen LogP contribution in [0.25, 0.3) is 0 Å². The summed E-state index contributed by atoms with van der Waals surface area (Å²) in [5.74, 6) is -1.35. The molecular formula is C14H11BrF2N2O2. The Morgan fingerprint density at radius 3 is 2.62 bits per heavy atom. The number of benzene rings is 2. The van der Waals surface area contributed by atoms with Gasteiger partial charge < -0.3 is 15.8 Å². The Bertz CT molecular complexity index is 680. The number of rotatable bonds is 4. The molecular weight excluding hydrogens is 346 g/mol. The second kappa shape index (κ2) is 6.53. The van der Waals surface area contributed by atoms with Crippen LogP contribution in [0, 0.1) is 11.6 Å². The standard InChI is InChI=1S/C14H11BrF2N2O2/c15-10-3-1-9(17)6-13(10)21-7-14(20)19-12-5-8(16)2-4-11(12)18/h1-6H,7,18H2,(H,19,20). The van der Waals surface area contributed by atoms with Crippen molar-refractivity contribution in [2.24, 2.45) is 0 Å². The first-order valence-electron chi connectivity index (χ1n) is 5.88. The monoisotopic (exact) mass is 356 g/mol. The minimum Gasteiger partial charge on any atom is -0.482 e. The lowest BCUT2D eigenvalue weighted by Crippen LogP contribution is -2.21. The molecule has 0 saturated carbocycles. The van der Waals surface area contributed by atoms with Crippen LogP contribution in [0.1, 0.15) is 0 Å². The third-order valence-corrected chi connectivity index (χ3v) is 3.20. The van der Waals surface area contributed by atoms with Gasteiger partial charge in [-0.15, -0.1) is 0 Å². The average molecular weight is 357 g/mol. The van der Waals surface area contributed by atoms with Crippen molar-refractivity contribution in [1.29, 1.82) is 0 Å². The molecule has 7 heteroatoms. The molecule has 0 spiro atoms. The highest BCUT2D eigenvalue weighted by atomic mass is 79.9. The molecule has 110 valence electrons. The van der Waals surface area contributed by atoms with E-state index in [1.54, 1.807) is 0 Å². The maximum Gasteiger partial charge on any atom is 0.262 e. The van der Waals surface area contributed by atoms with Crippen LogP contribution in [0.3, 0.4) is 0 Å². The highest BCUT2D eigenvalue weighted by molar-refractivity contribution is 9.10. The van der Waals surface area contributed by atoms with E-state index in [0.29, 0.717) is 4.47 Å². The normalized spacial score (nSPS) is 10.2. The summed E-state index contributed by atoms with van der Waals surface area (Å²) in [7, 11) is 0. The minimum absolute atomic E-state index is 0.155. The van der Waals surface area contributed by atoms with Gasteiger partial charge >= 0.3 is 0 Å². The zero-order chi connectivity index (χ0) is 15.4. The van der Waals surface area contributed by atoms with Gasteiger partial charge in [0.05, 0.1) is 15.8 Å². The van der Waals surface area contributed by atoms with Crippen molar-refractivity contribution >= 4 is 33.2 Å². The second-order valence-electron chi connectivity index (χ2n) is 4.14. The third kappa shape index (κ3) is 4.16. The van der Waals surface area contributed by atoms with Crippen LogP contribution in [-0.4, -0.2) is 12.5 Å². The largest absolute Gasteiger partial charge is 0.482 e. The predicted molar refractivity (Wildman–Crippen MR) is 79.0 cm³/mol. The van der Waals surface area contributed by atoms with Crippen LogP contribution >= 0.6 is 15.9 Å². The highest BCUT2D eigenvalue weighted by Gasteiger charge is 2.09. The van der Waals surface area contributed by atoms with Crippen LogP contribution in [-0.2, 0) is 4.79 Å². The topological polar surface area (TPSA) is 64.3 Å². The summed E-state index contributed by atoms with van der Waals surface area (Å²) in [5.41, 5.74) is 6.00. The lowest BCUT2D eigenvalue weighted by molar-refractivity contribution is -0.118. The van der Waals surface area contributed by atoms with E-state index in [-0.39, 0.29) is 23.7 Å². The summed E-state index contributed by atoms with van der Waals surface area (Å²) < 4.78 is 31.8. The predicted octanol–water partition coefficient (Wildman–Crippen LogP) is 3.33. The summed E-state index contributed by atoms with van der Waals surface area (Å²) in [4.78, 5) is 11.7. The fourth-order valence-electron chi connectivity index (χ4n) is 1.55. The first-order chi connectivity index (χ1) is 9.95. The van der Waals surface area contributed by atoms with Gasteiger partial charge in [-0.2, -0.15) is 0 Å². The second-order valence-corrected chi connectivity index (χ2v) is 5.00.